The van der Waals surface area contributed by atoms with Crippen LogP contribution in [-0.4, -0.2) is 4.98 Å². The second kappa shape index (κ2) is 8.34. The van der Waals surface area contributed by atoms with E-state index in [-0.39, 0.29) is 0 Å². The van der Waals surface area contributed by atoms with Gasteiger partial charge in [-0.2, -0.15) is 0 Å². The van der Waals surface area contributed by atoms with Crippen LogP contribution >= 0.6 is 11.3 Å². The number of pyridine rings is 1. The van der Waals surface area contributed by atoms with Crippen molar-refractivity contribution in [3.63, 3.8) is 0 Å². The van der Waals surface area contributed by atoms with E-state index in [0.717, 1.165) is 18.1 Å². The first-order chi connectivity index (χ1) is 12.2. The summed E-state index contributed by atoms with van der Waals surface area (Å²) in [6.45, 7) is 2.21. The first kappa shape index (κ1) is 17.7. The Labute approximate surface area is 151 Å². The number of halogens is 2. The minimum Gasteiger partial charge on any atom is -0.256 e. The predicted octanol–water partition coefficient (Wildman–Crippen LogP) is 6.88. The lowest BCUT2D eigenvalue weighted by Crippen LogP contribution is -1.90. The van der Waals surface area contributed by atoms with Crippen molar-refractivity contribution in [2.24, 2.45) is 0 Å². The SMILES string of the molecule is CCCCCCc1ccsc1-c1ccnc(-c2cc(F)cc(F)c2)c1. The molecule has 3 aromatic rings. The summed E-state index contributed by atoms with van der Waals surface area (Å²) in [5.74, 6) is -1.18. The van der Waals surface area contributed by atoms with Crippen LogP contribution in [0.15, 0.2) is 48.0 Å². The summed E-state index contributed by atoms with van der Waals surface area (Å²) in [6.07, 6.45) is 7.69. The average molecular weight is 357 g/mol. The third-order valence-electron chi connectivity index (χ3n) is 4.23. The van der Waals surface area contributed by atoms with Crippen molar-refractivity contribution in [1.29, 1.82) is 0 Å². The molecule has 130 valence electrons. The van der Waals surface area contributed by atoms with Crippen LogP contribution in [0.25, 0.3) is 21.7 Å². The number of hydrogen-bond donors (Lipinski definition) is 0. The van der Waals surface area contributed by atoms with E-state index in [1.165, 1.54) is 48.3 Å². The third-order valence-corrected chi connectivity index (χ3v) is 5.23. The van der Waals surface area contributed by atoms with E-state index in [9.17, 15) is 8.78 Å². The maximum Gasteiger partial charge on any atom is 0.126 e. The first-order valence-corrected chi connectivity index (χ1v) is 9.54. The summed E-state index contributed by atoms with van der Waals surface area (Å²) < 4.78 is 27.0. The Morgan fingerprint density at radius 2 is 1.72 bits per heavy atom. The Hall–Kier alpha value is -2.07. The molecule has 0 radical (unpaired) electrons. The maximum atomic E-state index is 13.5. The standard InChI is InChI=1S/C21H21F2NS/c1-2-3-4-5-6-15-8-10-25-21(15)16-7-9-24-20(13-16)17-11-18(22)14-19(23)12-17/h7-14H,2-6H2,1H3. The van der Waals surface area contributed by atoms with Gasteiger partial charge in [-0.1, -0.05) is 26.2 Å². The van der Waals surface area contributed by atoms with Gasteiger partial charge in [-0.05, 0) is 59.7 Å². The Morgan fingerprint density at radius 1 is 0.920 bits per heavy atom. The van der Waals surface area contributed by atoms with Gasteiger partial charge in [-0.25, -0.2) is 8.78 Å². The van der Waals surface area contributed by atoms with Gasteiger partial charge in [0.2, 0.25) is 0 Å². The lowest BCUT2D eigenvalue weighted by atomic mass is 10.0. The van der Waals surface area contributed by atoms with E-state index in [1.807, 2.05) is 12.1 Å². The molecule has 0 N–H and O–H groups in total. The minimum absolute atomic E-state index is 0.459. The van der Waals surface area contributed by atoms with E-state index in [2.05, 4.69) is 23.4 Å². The molecule has 0 unspecified atom stereocenters. The summed E-state index contributed by atoms with van der Waals surface area (Å²) in [5, 5.41) is 2.10. The zero-order chi connectivity index (χ0) is 17.6. The quantitative estimate of drug-likeness (QED) is 0.420. The van der Waals surface area contributed by atoms with Gasteiger partial charge >= 0.3 is 0 Å². The molecule has 0 aliphatic heterocycles. The summed E-state index contributed by atoms with van der Waals surface area (Å²) in [6, 6.07) is 9.55. The van der Waals surface area contributed by atoms with Crippen molar-refractivity contribution >= 4 is 11.3 Å². The Balaban J connectivity index is 1.86. The van der Waals surface area contributed by atoms with Crippen LogP contribution < -0.4 is 0 Å². The molecule has 0 saturated carbocycles. The number of aryl methyl sites for hydroxylation is 1. The number of unbranched alkanes of at least 4 members (excludes halogenated alkanes) is 3. The fraction of sp³-hybridized carbons (Fsp3) is 0.286. The molecule has 25 heavy (non-hydrogen) atoms. The van der Waals surface area contributed by atoms with Gasteiger partial charge in [0.25, 0.3) is 0 Å². The van der Waals surface area contributed by atoms with Crippen LogP contribution in [0.5, 0.6) is 0 Å². The smallest absolute Gasteiger partial charge is 0.126 e. The average Bonchev–Trinajstić information content (AvgIpc) is 3.06. The van der Waals surface area contributed by atoms with Crippen molar-refractivity contribution in [1.82, 2.24) is 4.98 Å². The van der Waals surface area contributed by atoms with Crippen molar-refractivity contribution < 1.29 is 8.78 Å². The van der Waals surface area contributed by atoms with Gasteiger partial charge in [0.15, 0.2) is 0 Å². The van der Waals surface area contributed by atoms with Crippen molar-refractivity contribution in [2.75, 3.05) is 0 Å². The zero-order valence-corrected chi connectivity index (χ0v) is 15.1. The number of hydrogen-bond acceptors (Lipinski definition) is 2. The highest BCUT2D eigenvalue weighted by molar-refractivity contribution is 7.13. The second-order valence-corrected chi connectivity index (χ2v) is 7.09. The first-order valence-electron chi connectivity index (χ1n) is 8.66. The Bertz CT molecular complexity index is 821. The van der Waals surface area contributed by atoms with Gasteiger partial charge in [-0.3, -0.25) is 4.98 Å². The van der Waals surface area contributed by atoms with Gasteiger partial charge in [0.05, 0.1) is 5.69 Å². The lowest BCUT2D eigenvalue weighted by molar-refractivity contribution is 0.584. The fourth-order valence-corrected chi connectivity index (χ4v) is 3.91. The Kier molecular flexibility index (Phi) is 5.92. The van der Waals surface area contributed by atoms with Gasteiger partial charge in [0.1, 0.15) is 11.6 Å². The molecule has 4 heteroatoms. The molecule has 3 rings (SSSR count). The van der Waals surface area contributed by atoms with Crippen molar-refractivity contribution in [3.8, 4) is 21.7 Å². The van der Waals surface area contributed by atoms with Crippen LogP contribution in [0.3, 0.4) is 0 Å². The molecule has 2 heterocycles. The minimum atomic E-state index is -0.588. The van der Waals surface area contributed by atoms with Gasteiger partial charge < -0.3 is 0 Å². The number of benzene rings is 1. The van der Waals surface area contributed by atoms with Crippen LogP contribution in [0, 0.1) is 11.6 Å². The normalized spacial score (nSPS) is 11.0. The van der Waals surface area contributed by atoms with E-state index in [1.54, 1.807) is 17.5 Å². The van der Waals surface area contributed by atoms with Crippen LogP contribution in [0.1, 0.15) is 38.2 Å². The number of nitrogens with zero attached hydrogens (tertiary/aromatic N) is 1. The molecule has 1 nitrogen and oxygen atoms in total. The zero-order valence-electron chi connectivity index (χ0n) is 14.3. The van der Waals surface area contributed by atoms with Gasteiger partial charge in [-0.15, -0.1) is 11.3 Å². The van der Waals surface area contributed by atoms with Crippen LogP contribution in [-0.2, 0) is 6.42 Å². The van der Waals surface area contributed by atoms with E-state index in [4.69, 9.17) is 0 Å². The van der Waals surface area contributed by atoms with Crippen molar-refractivity contribution in [3.05, 3.63) is 65.2 Å². The highest BCUT2D eigenvalue weighted by Crippen LogP contribution is 2.33. The molecular weight excluding hydrogens is 336 g/mol. The van der Waals surface area contributed by atoms with Crippen molar-refractivity contribution in [2.45, 2.75) is 39.0 Å². The number of thiophene rings is 1. The molecule has 0 spiro atoms. The maximum absolute atomic E-state index is 13.5. The lowest BCUT2D eigenvalue weighted by Gasteiger charge is -2.07. The molecule has 0 bridgehead atoms. The second-order valence-electron chi connectivity index (χ2n) is 6.17. The molecule has 0 aliphatic rings. The van der Waals surface area contributed by atoms with Gasteiger partial charge in [0, 0.05) is 22.7 Å². The van der Waals surface area contributed by atoms with E-state index < -0.39 is 11.6 Å². The molecule has 1 aromatic carbocycles. The molecule has 0 fully saturated rings. The predicted molar refractivity (Wildman–Crippen MR) is 101 cm³/mol. The van der Waals surface area contributed by atoms with E-state index in [0.29, 0.717) is 11.3 Å². The summed E-state index contributed by atoms with van der Waals surface area (Å²) in [7, 11) is 0. The third kappa shape index (κ3) is 4.51. The molecule has 0 saturated heterocycles. The molecule has 0 amide bonds. The largest absolute Gasteiger partial charge is 0.256 e. The summed E-state index contributed by atoms with van der Waals surface area (Å²) >= 11 is 1.70. The van der Waals surface area contributed by atoms with Crippen LogP contribution in [0.4, 0.5) is 8.78 Å². The highest BCUT2D eigenvalue weighted by atomic mass is 32.1. The van der Waals surface area contributed by atoms with Crippen LogP contribution in [0.2, 0.25) is 0 Å². The molecule has 0 aliphatic carbocycles. The summed E-state index contributed by atoms with van der Waals surface area (Å²) in [5.41, 5.74) is 3.43. The monoisotopic (exact) mass is 357 g/mol. The van der Waals surface area contributed by atoms with E-state index >= 15 is 0 Å². The molecule has 0 atom stereocenters. The molecule has 2 aromatic heterocycles. The fourth-order valence-electron chi connectivity index (χ4n) is 2.96. The highest BCUT2D eigenvalue weighted by Gasteiger charge is 2.10. The summed E-state index contributed by atoms with van der Waals surface area (Å²) in [4.78, 5) is 5.51. The topological polar surface area (TPSA) is 12.9 Å². The number of aromatic nitrogens is 1. The Morgan fingerprint density at radius 3 is 2.48 bits per heavy atom. The number of rotatable bonds is 7. The molecular formula is C21H21F2NS.